The van der Waals surface area contributed by atoms with Crippen molar-refractivity contribution in [2.75, 3.05) is 14.2 Å². The van der Waals surface area contributed by atoms with E-state index in [1.54, 1.807) is 46.3 Å². The molecule has 174 valence electrons. The summed E-state index contributed by atoms with van der Waals surface area (Å²) in [5.41, 5.74) is 3.24. The number of benzene rings is 3. The Bertz CT molecular complexity index is 1330. The van der Waals surface area contributed by atoms with Crippen LogP contribution in [0.3, 0.4) is 0 Å². The van der Waals surface area contributed by atoms with Gasteiger partial charge in [0.1, 0.15) is 17.2 Å². The number of carboxylic acid groups (broad SMARTS) is 1. The van der Waals surface area contributed by atoms with E-state index in [0.717, 1.165) is 16.7 Å². The van der Waals surface area contributed by atoms with Gasteiger partial charge in [-0.3, -0.25) is 0 Å². The lowest BCUT2D eigenvalue weighted by molar-refractivity contribution is -0.132. The van der Waals surface area contributed by atoms with Crippen molar-refractivity contribution in [2.45, 2.75) is 18.7 Å². The van der Waals surface area contributed by atoms with E-state index in [2.05, 4.69) is 0 Å². The van der Waals surface area contributed by atoms with Gasteiger partial charge in [-0.1, -0.05) is 12.1 Å². The van der Waals surface area contributed by atoms with Gasteiger partial charge in [-0.25, -0.2) is 9.00 Å². The standard InChI is InChI=1S/C27H24O6S/c1-16(17(2)27(28)29)18-5-11-21(12-6-18)33-25-23-14-13-22(32-4)15-24(23)34(30)26(25)19-7-9-20(31-3)10-8-19/h5-15H,1-4H3,(H,28,29). The molecule has 1 aliphatic rings. The molecule has 0 aliphatic carbocycles. The summed E-state index contributed by atoms with van der Waals surface area (Å²) in [4.78, 5) is 12.5. The zero-order chi connectivity index (χ0) is 24.4. The second-order valence-corrected chi connectivity index (χ2v) is 9.08. The Labute approximate surface area is 200 Å². The van der Waals surface area contributed by atoms with E-state index in [-0.39, 0.29) is 5.57 Å². The number of carboxylic acids is 1. The largest absolute Gasteiger partial charge is 0.497 e. The van der Waals surface area contributed by atoms with Crippen LogP contribution in [0.4, 0.5) is 0 Å². The Kier molecular flexibility index (Phi) is 6.56. The molecule has 3 aromatic carbocycles. The quantitative estimate of drug-likeness (QED) is 0.447. The van der Waals surface area contributed by atoms with E-state index in [1.165, 1.54) is 0 Å². The van der Waals surface area contributed by atoms with E-state index in [9.17, 15) is 14.1 Å². The molecular weight excluding hydrogens is 452 g/mol. The zero-order valence-corrected chi connectivity index (χ0v) is 20.1. The molecule has 0 saturated heterocycles. The molecular formula is C27H24O6S. The maximum Gasteiger partial charge on any atom is 0.331 e. The van der Waals surface area contributed by atoms with Gasteiger partial charge in [0.05, 0.1) is 34.8 Å². The molecule has 0 bridgehead atoms. The highest BCUT2D eigenvalue weighted by Crippen LogP contribution is 2.44. The molecule has 1 aliphatic heterocycles. The fraction of sp³-hybridized carbons (Fsp3) is 0.148. The third kappa shape index (κ3) is 4.34. The summed E-state index contributed by atoms with van der Waals surface area (Å²) in [6.07, 6.45) is 0. The zero-order valence-electron chi connectivity index (χ0n) is 19.2. The van der Waals surface area contributed by atoms with Crippen molar-refractivity contribution in [3.05, 3.63) is 89.0 Å². The predicted molar refractivity (Wildman–Crippen MR) is 132 cm³/mol. The Morgan fingerprint density at radius 1 is 0.824 bits per heavy atom. The number of rotatable bonds is 7. The summed E-state index contributed by atoms with van der Waals surface area (Å²) < 4.78 is 30.4. The van der Waals surface area contributed by atoms with Crippen LogP contribution in [0.25, 0.3) is 16.2 Å². The molecule has 7 heteroatoms. The lowest BCUT2D eigenvalue weighted by atomic mass is 10.0. The van der Waals surface area contributed by atoms with Crippen molar-refractivity contribution in [1.82, 2.24) is 0 Å². The summed E-state index contributed by atoms with van der Waals surface area (Å²) in [7, 11) is 1.69. The molecule has 0 amide bonds. The number of hydrogen-bond donors (Lipinski definition) is 1. The van der Waals surface area contributed by atoms with E-state index in [1.807, 2.05) is 48.5 Å². The Balaban J connectivity index is 1.77. The third-order valence-electron chi connectivity index (χ3n) is 5.77. The van der Waals surface area contributed by atoms with Gasteiger partial charge in [0.25, 0.3) is 0 Å². The summed E-state index contributed by atoms with van der Waals surface area (Å²) in [6.45, 7) is 3.35. The van der Waals surface area contributed by atoms with Crippen LogP contribution in [-0.2, 0) is 15.6 Å². The highest BCUT2D eigenvalue weighted by Gasteiger charge is 2.32. The molecule has 1 N–H and O–H groups in total. The molecule has 0 fully saturated rings. The summed E-state index contributed by atoms with van der Waals surface area (Å²) >= 11 is 0. The van der Waals surface area contributed by atoms with Crippen LogP contribution < -0.4 is 14.2 Å². The van der Waals surface area contributed by atoms with Gasteiger partial charge in [0, 0.05) is 11.1 Å². The number of aliphatic carboxylic acids is 1. The number of fused-ring (bicyclic) bond motifs is 1. The maximum absolute atomic E-state index is 13.5. The monoisotopic (exact) mass is 476 g/mol. The van der Waals surface area contributed by atoms with Crippen LogP contribution in [0.15, 0.2) is 77.2 Å². The molecule has 1 atom stereocenters. The molecule has 1 unspecified atom stereocenters. The van der Waals surface area contributed by atoms with Crippen molar-refractivity contribution < 1.29 is 28.3 Å². The van der Waals surface area contributed by atoms with Gasteiger partial charge >= 0.3 is 5.97 Å². The smallest absolute Gasteiger partial charge is 0.331 e. The Hall–Kier alpha value is -3.84. The van der Waals surface area contributed by atoms with Gasteiger partial charge in [-0.15, -0.1) is 0 Å². The van der Waals surface area contributed by atoms with E-state index < -0.39 is 16.8 Å². The minimum absolute atomic E-state index is 0.284. The lowest BCUT2D eigenvalue weighted by Crippen LogP contribution is -1.99. The van der Waals surface area contributed by atoms with Gasteiger partial charge in [0.15, 0.2) is 5.76 Å². The minimum Gasteiger partial charge on any atom is -0.497 e. The van der Waals surface area contributed by atoms with E-state index in [4.69, 9.17) is 14.2 Å². The molecule has 0 saturated carbocycles. The number of carbonyl (C=O) groups is 1. The van der Waals surface area contributed by atoms with Gasteiger partial charge in [0.2, 0.25) is 0 Å². The SMILES string of the molecule is COc1ccc(C2=C(Oc3ccc(C(C)=C(C)C(=O)O)cc3)c3ccc(OC)cc3S2=O)cc1. The predicted octanol–water partition coefficient (Wildman–Crippen LogP) is 5.61. The molecule has 0 spiro atoms. The Morgan fingerprint density at radius 2 is 1.41 bits per heavy atom. The minimum atomic E-state index is -1.47. The lowest BCUT2D eigenvalue weighted by Gasteiger charge is -2.12. The molecule has 3 aromatic rings. The Morgan fingerprint density at radius 3 is 2.00 bits per heavy atom. The highest BCUT2D eigenvalue weighted by atomic mass is 32.2. The van der Waals surface area contributed by atoms with Gasteiger partial charge in [-0.05, 0) is 85.1 Å². The first-order chi connectivity index (χ1) is 16.3. The molecule has 0 aromatic heterocycles. The van der Waals surface area contributed by atoms with Crippen LogP contribution in [0.5, 0.6) is 17.2 Å². The summed E-state index contributed by atoms with van der Waals surface area (Å²) in [6, 6.07) is 19.9. The molecule has 6 nitrogen and oxygen atoms in total. The topological polar surface area (TPSA) is 82.1 Å². The maximum atomic E-state index is 13.5. The van der Waals surface area contributed by atoms with Crippen molar-refractivity contribution in [3.63, 3.8) is 0 Å². The van der Waals surface area contributed by atoms with Crippen molar-refractivity contribution in [2.24, 2.45) is 0 Å². The van der Waals surface area contributed by atoms with Gasteiger partial charge in [-0.2, -0.15) is 0 Å². The fourth-order valence-electron chi connectivity index (χ4n) is 3.64. The molecule has 1 heterocycles. The molecule has 4 rings (SSSR count). The second kappa shape index (κ2) is 9.57. The molecule has 0 radical (unpaired) electrons. The average Bonchev–Trinajstić information content (AvgIpc) is 3.14. The number of allylic oxidation sites excluding steroid dienone is 1. The van der Waals surface area contributed by atoms with Crippen molar-refractivity contribution in [1.29, 1.82) is 0 Å². The van der Waals surface area contributed by atoms with E-state index in [0.29, 0.717) is 38.4 Å². The second-order valence-electron chi connectivity index (χ2n) is 7.70. The van der Waals surface area contributed by atoms with Crippen LogP contribution in [-0.4, -0.2) is 29.5 Å². The summed E-state index contributed by atoms with van der Waals surface area (Å²) in [5.74, 6) is 1.41. The normalized spacial score (nSPS) is 15.5. The fourth-order valence-corrected chi connectivity index (χ4v) is 5.11. The van der Waals surface area contributed by atoms with Crippen molar-refractivity contribution >= 4 is 33.0 Å². The molecule has 34 heavy (non-hydrogen) atoms. The number of ether oxygens (including phenoxy) is 3. The van der Waals surface area contributed by atoms with Gasteiger partial charge < -0.3 is 19.3 Å². The van der Waals surface area contributed by atoms with E-state index >= 15 is 0 Å². The van der Waals surface area contributed by atoms with Crippen LogP contribution in [0.2, 0.25) is 0 Å². The highest BCUT2D eigenvalue weighted by molar-refractivity contribution is 7.95. The van der Waals surface area contributed by atoms with Crippen molar-refractivity contribution in [3.8, 4) is 17.2 Å². The van der Waals surface area contributed by atoms with Crippen LogP contribution >= 0.6 is 0 Å². The van der Waals surface area contributed by atoms with Crippen LogP contribution in [0.1, 0.15) is 30.5 Å². The third-order valence-corrected chi connectivity index (χ3v) is 7.30. The number of methoxy groups -OCH3 is 2. The first-order valence-electron chi connectivity index (χ1n) is 10.5. The first-order valence-corrected chi connectivity index (χ1v) is 11.7. The summed E-state index contributed by atoms with van der Waals surface area (Å²) in [5, 5.41) is 9.25. The average molecular weight is 477 g/mol. The first kappa shape index (κ1) is 23.3. The van der Waals surface area contributed by atoms with Crippen LogP contribution in [0, 0.1) is 0 Å². The number of hydrogen-bond acceptors (Lipinski definition) is 5.